The van der Waals surface area contributed by atoms with Crippen LogP contribution in [0.15, 0.2) is 84.9 Å². The van der Waals surface area contributed by atoms with E-state index in [-0.39, 0.29) is 0 Å². The molecule has 3 aromatic rings. The average Bonchev–Trinajstić information content (AvgIpc) is 2.66. The fourth-order valence-electron chi connectivity index (χ4n) is 2.78. The molecule has 1 amide bonds. The standard InChI is InChI=1S/C21H19NO3/c1-16-12-14-19(15-13-16)22-20(23)21(25-24,17-8-4-2-5-9-17)18-10-6-3-7-11-18/h2-15,24H,1H3,(H,22,23). The van der Waals surface area contributed by atoms with Crippen LogP contribution in [0.4, 0.5) is 5.69 Å². The first-order valence-electron chi connectivity index (χ1n) is 7.98. The Morgan fingerprint density at radius 3 is 1.76 bits per heavy atom. The molecule has 2 N–H and O–H groups in total. The summed E-state index contributed by atoms with van der Waals surface area (Å²) in [6.45, 7) is 1.97. The Balaban J connectivity index is 2.07. The van der Waals surface area contributed by atoms with Crippen molar-refractivity contribution >= 4 is 11.6 Å². The third-order valence-electron chi connectivity index (χ3n) is 4.13. The Labute approximate surface area is 146 Å². The van der Waals surface area contributed by atoms with Crippen LogP contribution in [-0.4, -0.2) is 11.2 Å². The van der Waals surface area contributed by atoms with Crippen molar-refractivity contribution in [3.05, 3.63) is 102 Å². The Bertz CT molecular complexity index is 791. The second-order valence-corrected chi connectivity index (χ2v) is 5.82. The molecule has 0 saturated heterocycles. The van der Waals surface area contributed by atoms with Crippen LogP contribution in [0.3, 0.4) is 0 Å². The molecule has 0 fully saturated rings. The summed E-state index contributed by atoms with van der Waals surface area (Å²) in [5, 5.41) is 12.6. The number of benzene rings is 3. The minimum atomic E-state index is -1.66. The van der Waals surface area contributed by atoms with Crippen LogP contribution in [0.2, 0.25) is 0 Å². The van der Waals surface area contributed by atoms with Gasteiger partial charge in [0.2, 0.25) is 5.60 Å². The average molecular weight is 333 g/mol. The lowest BCUT2D eigenvalue weighted by atomic mass is 9.85. The number of rotatable bonds is 5. The van der Waals surface area contributed by atoms with Crippen LogP contribution in [0.25, 0.3) is 0 Å². The van der Waals surface area contributed by atoms with Crippen molar-refractivity contribution in [1.29, 1.82) is 0 Å². The Morgan fingerprint density at radius 2 is 1.32 bits per heavy atom. The minimum Gasteiger partial charge on any atom is -0.323 e. The van der Waals surface area contributed by atoms with E-state index in [1.807, 2.05) is 43.3 Å². The molecule has 0 aromatic heterocycles. The van der Waals surface area contributed by atoms with E-state index in [1.54, 1.807) is 48.5 Å². The lowest BCUT2D eigenvalue weighted by Crippen LogP contribution is -2.43. The molecule has 0 unspecified atom stereocenters. The predicted molar refractivity (Wildman–Crippen MR) is 97.2 cm³/mol. The van der Waals surface area contributed by atoms with Gasteiger partial charge in [0.25, 0.3) is 5.91 Å². The molecule has 0 spiro atoms. The first-order valence-corrected chi connectivity index (χ1v) is 7.98. The summed E-state index contributed by atoms with van der Waals surface area (Å²) in [7, 11) is 0. The molecular formula is C21H19NO3. The molecule has 0 aliphatic carbocycles. The summed E-state index contributed by atoms with van der Waals surface area (Å²) < 4.78 is 0. The normalized spacial score (nSPS) is 11.1. The third kappa shape index (κ3) is 3.31. The first-order chi connectivity index (χ1) is 12.2. The van der Waals surface area contributed by atoms with Gasteiger partial charge in [-0.1, -0.05) is 78.4 Å². The SMILES string of the molecule is Cc1ccc(NC(=O)C(OO)(c2ccccc2)c2ccccc2)cc1. The maximum Gasteiger partial charge on any atom is 0.269 e. The van der Waals surface area contributed by atoms with E-state index in [0.29, 0.717) is 16.8 Å². The zero-order valence-electron chi connectivity index (χ0n) is 13.8. The van der Waals surface area contributed by atoms with Gasteiger partial charge in [0, 0.05) is 16.8 Å². The highest BCUT2D eigenvalue weighted by Gasteiger charge is 2.44. The summed E-state index contributed by atoms with van der Waals surface area (Å²) >= 11 is 0. The highest BCUT2D eigenvalue weighted by Crippen LogP contribution is 2.34. The van der Waals surface area contributed by atoms with Crippen molar-refractivity contribution in [3.63, 3.8) is 0 Å². The van der Waals surface area contributed by atoms with Gasteiger partial charge >= 0.3 is 0 Å². The molecule has 3 aromatic carbocycles. The van der Waals surface area contributed by atoms with Gasteiger partial charge in [0.1, 0.15) is 0 Å². The zero-order valence-corrected chi connectivity index (χ0v) is 13.8. The summed E-state index contributed by atoms with van der Waals surface area (Å²) in [6, 6.07) is 25.3. The fraction of sp³-hybridized carbons (Fsp3) is 0.0952. The molecule has 4 heteroatoms. The van der Waals surface area contributed by atoms with E-state index in [2.05, 4.69) is 5.32 Å². The number of amides is 1. The monoisotopic (exact) mass is 333 g/mol. The molecule has 25 heavy (non-hydrogen) atoms. The van der Waals surface area contributed by atoms with Gasteiger partial charge in [0.05, 0.1) is 0 Å². The van der Waals surface area contributed by atoms with Crippen LogP contribution in [-0.2, 0) is 15.3 Å². The van der Waals surface area contributed by atoms with Gasteiger partial charge < -0.3 is 5.32 Å². The van der Waals surface area contributed by atoms with Crippen LogP contribution in [0.1, 0.15) is 16.7 Å². The third-order valence-corrected chi connectivity index (χ3v) is 4.13. The summed E-state index contributed by atoms with van der Waals surface area (Å²) in [5.41, 5.74) is 1.13. The van der Waals surface area contributed by atoms with Crippen molar-refractivity contribution in [1.82, 2.24) is 0 Å². The lowest BCUT2D eigenvalue weighted by Gasteiger charge is -2.30. The van der Waals surface area contributed by atoms with E-state index in [0.717, 1.165) is 5.56 Å². The van der Waals surface area contributed by atoms with Gasteiger partial charge in [-0.05, 0) is 19.1 Å². The molecule has 126 valence electrons. The van der Waals surface area contributed by atoms with Crippen LogP contribution in [0, 0.1) is 6.92 Å². The molecule has 0 radical (unpaired) electrons. The van der Waals surface area contributed by atoms with Gasteiger partial charge in [-0.15, -0.1) is 0 Å². The van der Waals surface area contributed by atoms with Crippen molar-refractivity contribution in [2.24, 2.45) is 0 Å². The summed E-state index contributed by atoms with van der Waals surface area (Å²) in [5.74, 6) is -0.476. The quantitative estimate of drug-likeness (QED) is 0.538. The maximum absolute atomic E-state index is 13.2. The first kappa shape index (κ1) is 16.9. The predicted octanol–water partition coefficient (Wildman–Crippen LogP) is 4.37. The molecular weight excluding hydrogens is 314 g/mol. The molecule has 0 aliphatic heterocycles. The summed E-state index contributed by atoms with van der Waals surface area (Å²) in [4.78, 5) is 18.0. The molecule has 0 bridgehead atoms. The van der Waals surface area contributed by atoms with Crippen molar-refractivity contribution in [2.45, 2.75) is 12.5 Å². The second kappa shape index (κ2) is 7.30. The number of nitrogens with one attached hydrogen (secondary N) is 1. The lowest BCUT2D eigenvalue weighted by molar-refractivity contribution is -0.303. The van der Waals surface area contributed by atoms with E-state index in [9.17, 15) is 10.1 Å². The van der Waals surface area contributed by atoms with E-state index in [1.165, 1.54) is 0 Å². The molecule has 0 saturated carbocycles. The van der Waals surface area contributed by atoms with Gasteiger partial charge in [-0.3, -0.25) is 10.1 Å². The number of hydrogen-bond acceptors (Lipinski definition) is 3. The Hall–Kier alpha value is -2.95. The topological polar surface area (TPSA) is 58.6 Å². The van der Waals surface area contributed by atoms with E-state index >= 15 is 0 Å². The van der Waals surface area contributed by atoms with Crippen LogP contribution >= 0.6 is 0 Å². The molecule has 0 aliphatic rings. The van der Waals surface area contributed by atoms with Gasteiger partial charge in [0.15, 0.2) is 0 Å². The smallest absolute Gasteiger partial charge is 0.269 e. The van der Waals surface area contributed by atoms with E-state index in [4.69, 9.17) is 4.89 Å². The fourth-order valence-corrected chi connectivity index (χ4v) is 2.78. The van der Waals surface area contributed by atoms with Crippen LogP contribution in [0.5, 0.6) is 0 Å². The largest absolute Gasteiger partial charge is 0.323 e. The molecule has 3 rings (SSSR count). The number of carbonyl (C=O) groups excluding carboxylic acids is 1. The van der Waals surface area contributed by atoms with Crippen LogP contribution < -0.4 is 5.32 Å². The molecule has 0 atom stereocenters. The van der Waals surface area contributed by atoms with Crippen molar-refractivity contribution < 1.29 is 14.9 Å². The Kier molecular flexibility index (Phi) is 4.93. The van der Waals surface area contributed by atoms with E-state index < -0.39 is 11.5 Å². The van der Waals surface area contributed by atoms with Crippen molar-refractivity contribution in [3.8, 4) is 0 Å². The minimum absolute atomic E-state index is 0.476. The van der Waals surface area contributed by atoms with Crippen molar-refractivity contribution in [2.75, 3.05) is 5.32 Å². The number of carbonyl (C=O) groups is 1. The number of hydrogen-bond donors (Lipinski definition) is 2. The highest BCUT2D eigenvalue weighted by atomic mass is 17.1. The molecule has 4 nitrogen and oxygen atoms in total. The summed E-state index contributed by atoms with van der Waals surface area (Å²) in [6.07, 6.45) is 0. The van der Waals surface area contributed by atoms with Gasteiger partial charge in [-0.2, -0.15) is 0 Å². The zero-order chi connectivity index (χ0) is 17.7. The van der Waals surface area contributed by atoms with Gasteiger partial charge in [-0.25, -0.2) is 4.89 Å². The number of aryl methyl sites for hydroxylation is 1. The maximum atomic E-state index is 13.2. The molecule has 0 heterocycles. The number of anilines is 1. The Morgan fingerprint density at radius 1 is 0.840 bits per heavy atom. The second-order valence-electron chi connectivity index (χ2n) is 5.82. The highest BCUT2D eigenvalue weighted by molar-refractivity contribution is 6.00.